The van der Waals surface area contributed by atoms with E-state index in [4.69, 9.17) is 21.4 Å². The van der Waals surface area contributed by atoms with Crippen molar-refractivity contribution in [3.63, 3.8) is 0 Å². The molecule has 0 bridgehead atoms. The van der Waals surface area contributed by atoms with E-state index < -0.39 is 6.43 Å². The summed E-state index contributed by atoms with van der Waals surface area (Å²) >= 11 is 5.36. The van der Waals surface area contributed by atoms with Crippen LogP contribution in [0.1, 0.15) is 0 Å². The lowest BCUT2D eigenvalue weighted by atomic mass is 10.4. The Bertz CT molecular complexity index is 130. The molecule has 0 aromatic heterocycles. The van der Waals surface area contributed by atoms with E-state index in [0.717, 1.165) is 0 Å². The van der Waals surface area contributed by atoms with Crippen molar-refractivity contribution in [3.8, 4) is 0 Å². The van der Waals surface area contributed by atoms with Gasteiger partial charge in [0.1, 0.15) is 0 Å². The Morgan fingerprint density at radius 2 is 2.00 bits per heavy atom. The second-order valence-electron chi connectivity index (χ2n) is 2.72. The van der Waals surface area contributed by atoms with Gasteiger partial charge in [0.05, 0.1) is 26.4 Å². The molecule has 0 rings (SSSR count). The average molecular weight is 232 g/mol. The number of nitrogens with zero attached hydrogens (tertiary/aromatic N) is 1. The Morgan fingerprint density at radius 1 is 1.29 bits per heavy atom. The monoisotopic (exact) mass is 231 g/mol. The highest BCUT2D eigenvalue weighted by atomic mass is 35.5. The number of aliphatic hydroxyl groups excluding tert-OH is 1. The third kappa shape index (κ3) is 8.62. The average Bonchev–Trinajstić information content (AvgIpc) is 2.12. The Labute approximate surface area is 87.6 Å². The molecule has 0 atom stereocenters. The molecule has 0 fully saturated rings. The van der Waals surface area contributed by atoms with E-state index in [-0.39, 0.29) is 19.7 Å². The minimum Gasteiger partial charge on any atom is -0.395 e. The maximum Gasteiger partial charge on any atom is 0.251 e. The number of hydrogen-bond donors (Lipinski definition) is 1. The molecule has 0 aromatic carbocycles. The molecule has 3 nitrogen and oxygen atoms in total. The van der Waals surface area contributed by atoms with Gasteiger partial charge in [0, 0.05) is 19.0 Å². The normalized spacial score (nSPS) is 11.6. The van der Waals surface area contributed by atoms with E-state index in [1.165, 1.54) is 4.90 Å². The summed E-state index contributed by atoms with van der Waals surface area (Å²) in [5.41, 5.74) is 0. The molecule has 0 aliphatic rings. The summed E-state index contributed by atoms with van der Waals surface area (Å²) in [7, 11) is 0. The van der Waals surface area contributed by atoms with Crippen LogP contribution in [-0.4, -0.2) is 61.8 Å². The molecule has 0 aromatic rings. The van der Waals surface area contributed by atoms with Gasteiger partial charge in [-0.2, -0.15) is 0 Å². The smallest absolute Gasteiger partial charge is 0.251 e. The third-order valence-electron chi connectivity index (χ3n) is 1.59. The molecule has 86 valence electrons. The van der Waals surface area contributed by atoms with Crippen LogP contribution in [0.4, 0.5) is 8.78 Å². The van der Waals surface area contributed by atoms with E-state index >= 15 is 0 Å². The van der Waals surface area contributed by atoms with Crippen LogP contribution in [0.25, 0.3) is 0 Å². The van der Waals surface area contributed by atoms with Gasteiger partial charge in [-0.1, -0.05) is 0 Å². The van der Waals surface area contributed by atoms with Gasteiger partial charge in [0.25, 0.3) is 6.43 Å². The number of ether oxygens (including phenoxy) is 1. The van der Waals surface area contributed by atoms with Crippen LogP contribution in [0.2, 0.25) is 0 Å². The second-order valence-corrected chi connectivity index (χ2v) is 3.09. The first-order valence-electron chi connectivity index (χ1n) is 4.45. The van der Waals surface area contributed by atoms with Gasteiger partial charge in [-0.15, -0.1) is 11.6 Å². The first kappa shape index (κ1) is 14.0. The molecular formula is C8H16ClF2NO2. The molecule has 0 saturated heterocycles. The van der Waals surface area contributed by atoms with E-state index in [0.29, 0.717) is 25.6 Å². The van der Waals surface area contributed by atoms with Crippen LogP contribution in [0.5, 0.6) is 0 Å². The molecular weight excluding hydrogens is 216 g/mol. The Morgan fingerprint density at radius 3 is 2.50 bits per heavy atom. The number of halogens is 3. The zero-order valence-electron chi connectivity index (χ0n) is 7.96. The summed E-state index contributed by atoms with van der Waals surface area (Å²) in [6.07, 6.45) is -2.38. The summed E-state index contributed by atoms with van der Waals surface area (Å²) in [6, 6.07) is 0. The summed E-state index contributed by atoms with van der Waals surface area (Å²) in [5.74, 6) is 0.398. The summed E-state index contributed by atoms with van der Waals surface area (Å²) in [4.78, 5) is 1.46. The van der Waals surface area contributed by atoms with Gasteiger partial charge in [0.2, 0.25) is 0 Å². The standard InChI is InChI=1S/C8H16ClF2NO2/c9-1-5-14-6-3-12(2-4-13)7-8(10)11/h8,13H,1-7H2. The fourth-order valence-electron chi connectivity index (χ4n) is 0.981. The van der Waals surface area contributed by atoms with Crippen LogP contribution >= 0.6 is 11.6 Å². The van der Waals surface area contributed by atoms with Crippen LogP contribution in [0.15, 0.2) is 0 Å². The van der Waals surface area contributed by atoms with E-state index in [9.17, 15) is 8.78 Å². The Hall–Kier alpha value is 0.0300. The van der Waals surface area contributed by atoms with E-state index in [1.54, 1.807) is 0 Å². The molecule has 0 radical (unpaired) electrons. The summed E-state index contributed by atoms with van der Waals surface area (Å²) in [5, 5.41) is 8.60. The highest BCUT2D eigenvalue weighted by molar-refractivity contribution is 6.17. The summed E-state index contributed by atoms with van der Waals surface area (Å²) in [6.45, 7) is 0.964. The van der Waals surface area contributed by atoms with Gasteiger partial charge < -0.3 is 9.84 Å². The number of aliphatic hydroxyl groups is 1. The molecule has 0 aliphatic carbocycles. The molecule has 6 heteroatoms. The third-order valence-corrected chi connectivity index (χ3v) is 1.74. The lowest BCUT2D eigenvalue weighted by molar-refractivity contribution is 0.0544. The topological polar surface area (TPSA) is 32.7 Å². The number of hydrogen-bond acceptors (Lipinski definition) is 3. The molecule has 0 unspecified atom stereocenters. The fourth-order valence-corrected chi connectivity index (χ4v) is 1.09. The highest BCUT2D eigenvalue weighted by Gasteiger charge is 2.10. The van der Waals surface area contributed by atoms with Gasteiger partial charge in [0.15, 0.2) is 0 Å². The van der Waals surface area contributed by atoms with Crippen LogP contribution in [0.3, 0.4) is 0 Å². The predicted octanol–water partition coefficient (Wildman–Crippen LogP) is 0.801. The van der Waals surface area contributed by atoms with Crippen molar-refractivity contribution in [1.29, 1.82) is 0 Å². The van der Waals surface area contributed by atoms with E-state index in [1.807, 2.05) is 0 Å². The van der Waals surface area contributed by atoms with Gasteiger partial charge in [-0.05, 0) is 0 Å². The Kier molecular flexibility index (Phi) is 9.60. The fraction of sp³-hybridized carbons (Fsp3) is 1.00. The van der Waals surface area contributed by atoms with Gasteiger partial charge >= 0.3 is 0 Å². The number of alkyl halides is 3. The van der Waals surface area contributed by atoms with Crippen LogP contribution in [0, 0.1) is 0 Å². The minimum atomic E-state index is -2.38. The van der Waals surface area contributed by atoms with Crippen molar-refractivity contribution in [1.82, 2.24) is 4.90 Å². The van der Waals surface area contributed by atoms with Gasteiger partial charge in [-0.25, -0.2) is 8.78 Å². The minimum absolute atomic E-state index is 0.123. The molecule has 0 heterocycles. The van der Waals surface area contributed by atoms with Crippen LogP contribution in [-0.2, 0) is 4.74 Å². The Balaban J connectivity index is 3.51. The number of rotatable bonds is 9. The maximum atomic E-state index is 12.0. The van der Waals surface area contributed by atoms with Crippen molar-refractivity contribution in [3.05, 3.63) is 0 Å². The molecule has 0 aliphatic heterocycles. The predicted molar refractivity (Wildman–Crippen MR) is 51.1 cm³/mol. The van der Waals surface area contributed by atoms with Crippen molar-refractivity contribution in [2.75, 3.05) is 45.3 Å². The zero-order chi connectivity index (χ0) is 10.8. The first-order chi connectivity index (χ1) is 6.70. The molecule has 0 spiro atoms. The quantitative estimate of drug-likeness (QED) is 0.471. The van der Waals surface area contributed by atoms with Crippen molar-refractivity contribution in [2.45, 2.75) is 6.43 Å². The van der Waals surface area contributed by atoms with Crippen molar-refractivity contribution >= 4 is 11.6 Å². The molecule has 0 amide bonds. The lowest BCUT2D eigenvalue weighted by Gasteiger charge is -2.20. The van der Waals surface area contributed by atoms with Crippen molar-refractivity contribution in [2.24, 2.45) is 0 Å². The lowest BCUT2D eigenvalue weighted by Crippen LogP contribution is -2.34. The molecule has 1 N–H and O–H groups in total. The van der Waals surface area contributed by atoms with Crippen molar-refractivity contribution < 1.29 is 18.6 Å². The SMILES string of the molecule is OCCN(CCOCCCl)CC(F)F. The highest BCUT2D eigenvalue weighted by Crippen LogP contribution is 1.97. The summed E-state index contributed by atoms with van der Waals surface area (Å²) < 4.78 is 29.0. The largest absolute Gasteiger partial charge is 0.395 e. The maximum absolute atomic E-state index is 12.0. The second kappa shape index (κ2) is 9.58. The van der Waals surface area contributed by atoms with Gasteiger partial charge in [-0.3, -0.25) is 4.90 Å². The first-order valence-corrected chi connectivity index (χ1v) is 4.99. The molecule has 14 heavy (non-hydrogen) atoms. The molecule has 0 saturated carbocycles. The zero-order valence-corrected chi connectivity index (χ0v) is 8.72. The van der Waals surface area contributed by atoms with E-state index in [2.05, 4.69) is 0 Å². The van der Waals surface area contributed by atoms with Crippen LogP contribution < -0.4 is 0 Å².